The lowest BCUT2D eigenvalue weighted by atomic mass is 9.96. The maximum Gasteiger partial charge on any atom is 0.316 e. The number of hydrogen-bond acceptors (Lipinski definition) is 2. The van der Waals surface area contributed by atoms with Crippen LogP contribution in [0.1, 0.15) is 16.7 Å². The van der Waals surface area contributed by atoms with Crippen molar-refractivity contribution in [2.24, 2.45) is 5.73 Å². The molecule has 0 unspecified atom stereocenters. The molecule has 3 rings (SSSR count). The summed E-state index contributed by atoms with van der Waals surface area (Å²) in [5, 5.41) is 2.51. The van der Waals surface area contributed by atoms with Crippen molar-refractivity contribution in [3.8, 4) is 16.9 Å². The van der Waals surface area contributed by atoms with Crippen LogP contribution in [0.4, 0.5) is 14.9 Å². The van der Waals surface area contributed by atoms with Gasteiger partial charge >= 0.3 is 6.03 Å². The topological polar surface area (TPSA) is 64.3 Å². The summed E-state index contributed by atoms with van der Waals surface area (Å²) in [5.41, 5.74) is 9.50. The first-order valence-electron chi connectivity index (χ1n) is 8.55. The number of carbonyl (C=O) groups excluding carboxylic acids is 1. The minimum Gasteiger partial charge on any atom is -0.496 e. The molecule has 0 aliphatic carbocycles. The molecular weight excluding hydrogens is 343 g/mol. The first-order valence-corrected chi connectivity index (χ1v) is 8.55. The Morgan fingerprint density at radius 3 is 2.48 bits per heavy atom. The summed E-state index contributed by atoms with van der Waals surface area (Å²) < 4.78 is 20.7. The van der Waals surface area contributed by atoms with Gasteiger partial charge in [0, 0.05) is 12.1 Å². The van der Waals surface area contributed by atoms with Crippen LogP contribution in [-0.2, 0) is 6.42 Å². The second kappa shape index (κ2) is 7.91. The van der Waals surface area contributed by atoms with Gasteiger partial charge in [-0.05, 0) is 41.8 Å². The Labute approximate surface area is 157 Å². The minimum atomic E-state index is -0.619. The fraction of sp³-hybridized carbons (Fsp3) is 0.136. The molecular formula is C22H21FN2O2. The summed E-state index contributed by atoms with van der Waals surface area (Å²) in [4.78, 5) is 10.9. The van der Waals surface area contributed by atoms with E-state index in [-0.39, 0.29) is 5.82 Å². The van der Waals surface area contributed by atoms with Gasteiger partial charge in [0.15, 0.2) is 0 Å². The van der Waals surface area contributed by atoms with E-state index in [0.717, 1.165) is 16.7 Å². The van der Waals surface area contributed by atoms with Gasteiger partial charge in [-0.15, -0.1) is 0 Å². The summed E-state index contributed by atoms with van der Waals surface area (Å²) in [7, 11) is 1.54. The number of nitrogens with two attached hydrogens (primary N) is 1. The number of anilines is 1. The predicted octanol–water partition coefficient (Wildman–Crippen LogP) is 4.89. The number of carbonyl (C=O) groups is 1. The number of primary amides is 1. The van der Waals surface area contributed by atoms with Crippen molar-refractivity contribution in [3.05, 3.63) is 83.2 Å². The number of amides is 2. The Morgan fingerprint density at radius 1 is 1.11 bits per heavy atom. The molecule has 27 heavy (non-hydrogen) atoms. The number of halogens is 1. The van der Waals surface area contributed by atoms with E-state index in [1.165, 1.54) is 7.11 Å². The van der Waals surface area contributed by atoms with Gasteiger partial charge < -0.3 is 15.8 Å². The van der Waals surface area contributed by atoms with E-state index in [2.05, 4.69) is 5.32 Å². The van der Waals surface area contributed by atoms with Crippen molar-refractivity contribution in [1.82, 2.24) is 0 Å². The molecule has 0 saturated carbocycles. The van der Waals surface area contributed by atoms with Gasteiger partial charge in [0.05, 0.1) is 12.7 Å². The average Bonchev–Trinajstić information content (AvgIpc) is 2.64. The second-order valence-electron chi connectivity index (χ2n) is 6.35. The van der Waals surface area contributed by atoms with E-state index in [9.17, 15) is 4.79 Å². The van der Waals surface area contributed by atoms with E-state index in [1.54, 1.807) is 24.3 Å². The number of nitrogens with one attached hydrogen (secondary N) is 1. The highest BCUT2D eigenvalue weighted by Gasteiger charge is 2.16. The molecule has 0 fully saturated rings. The van der Waals surface area contributed by atoms with Crippen LogP contribution in [0.5, 0.6) is 5.75 Å². The average molecular weight is 364 g/mol. The lowest BCUT2D eigenvalue weighted by Crippen LogP contribution is -2.19. The van der Waals surface area contributed by atoms with Gasteiger partial charge in [-0.3, -0.25) is 0 Å². The zero-order valence-corrected chi connectivity index (χ0v) is 15.3. The van der Waals surface area contributed by atoms with E-state index in [0.29, 0.717) is 29.0 Å². The molecule has 3 aromatic carbocycles. The molecule has 5 heteroatoms. The third-order valence-electron chi connectivity index (χ3n) is 4.33. The highest BCUT2D eigenvalue weighted by atomic mass is 19.1. The first kappa shape index (κ1) is 18.5. The first-order chi connectivity index (χ1) is 13.0. The predicted molar refractivity (Wildman–Crippen MR) is 106 cm³/mol. The lowest BCUT2D eigenvalue weighted by molar-refractivity contribution is 0.259. The van der Waals surface area contributed by atoms with Crippen molar-refractivity contribution in [2.45, 2.75) is 13.3 Å². The molecule has 0 aliphatic heterocycles. The third kappa shape index (κ3) is 4.26. The normalized spacial score (nSPS) is 10.5. The largest absolute Gasteiger partial charge is 0.496 e. The van der Waals surface area contributed by atoms with Crippen molar-refractivity contribution in [2.75, 3.05) is 12.4 Å². The molecule has 3 N–H and O–H groups in total. The number of ether oxygens (including phenoxy) is 1. The Balaban J connectivity index is 1.95. The zero-order valence-electron chi connectivity index (χ0n) is 15.3. The Morgan fingerprint density at radius 2 is 1.85 bits per heavy atom. The zero-order chi connectivity index (χ0) is 19.4. The summed E-state index contributed by atoms with van der Waals surface area (Å²) in [6.07, 6.45) is 0.422. The molecule has 2 amide bonds. The summed E-state index contributed by atoms with van der Waals surface area (Å²) >= 11 is 0. The molecule has 0 saturated heterocycles. The van der Waals surface area contributed by atoms with Gasteiger partial charge in [0.2, 0.25) is 0 Å². The Kier molecular flexibility index (Phi) is 5.41. The molecule has 0 aromatic heterocycles. The molecule has 0 radical (unpaired) electrons. The van der Waals surface area contributed by atoms with Crippen LogP contribution in [0.25, 0.3) is 11.1 Å². The lowest BCUT2D eigenvalue weighted by Gasteiger charge is -2.14. The highest BCUT2D eigenvalue weighted by Crippen LogP contribution is 2.35. The standard InChI is InChI=1S/C22H21FN2O2/c1-14-4-3-5-16(12-14)20-19(27-2)11-8-17(21(20)23)13-15-6-9-18(10-7-15)25-22(24)26/h3-12H,13H2,1-2H3,(H3,24,25,26). The molecule has 0 atom stereocenters. The van der Waals surface area contributed by atoms with E-state index in [1.807, 2.05) is 43.3 Å². The van der Waals surface area contributed by atoms with Crippen molar-refractivity contribution < 1.29 is 13.9 Å². The van der Waals surface area contributed by atoms with Crippen molar-refractivity contribution in [3.63, 3.8) is 0 Å². The number of methoxy groups -OCH3 is 1. The van der Waals surface area contributed by atoms with Gasteiger partial charge in [0.1, 0.15) is 11.6 Å². The highest BCUT2D eigenvalue weighted by molar-refractivity contribution is 5.87. The monoisotopic (exact) mass is 364 g/mol. The van der Waals surface area contributed by atoms with E-state index < -0.39 is 6.03 Å². The number of rotatable bonds is 5. The molecule has 4 nitrogen and oxygen atoms in total. The Hall–Kier alpha value is -3.34. The van der Waals surface area contributed by atoms with Crippen molar-refractivity contribution in [1.29, 1.82) is 0 Å². The smallest absolute Gasteiger partial charge is 0.316 e. The number of urea groups is 1. The molecule has 0 heterocycles. The number of hydrogen-bond donors (Lipinski definition) is 2. The van der Waals surface area contributed by atoms with Crippen LogP contribution < -0.4 is 15.8 Å². The maximum absolute atomic E-state index is 15.3. The molecule has 3 aromatic rings. The summed E-state index contributed by atoms with van der Waals surface area (Å²) in [6.45, 7) is 1.97. The van der Waals surface area contributed by atoms with E-state index in [4.69, 9.17) is 10.5 Å². The fourth-order valence-corrected chi connectivity index (χ4v) is 3.05. The Bertz CT molecular complexity index is 969. The minimum absolute atomic E-state index is 0.292. The maximum atomic E-state index is 15.3. The number of aryl methyl sites for hydroxylation is 1. The van der Waals surface area contributed by atoms with Crippen LogP contribution in [0.3, 0.4) is 0 Å². The van der Waals surface area contributed by atoms with Gasteiger partial charge in [-0.1, -0.05) is 48.0 Å². The van der Waals surface area contributed by atoms with Gasteiger partial charge in [-0.2, -0.15) is 0 Å². The molecule has 138 valence electrons. The third-order valence-corrected chi connectivity index (χ3v) is 4.33. The number of benzene rings is 3. The SMILES string of the molecule is COc1ccc(Cc2ccc(NC(N)=O)cc2)c(F)c1-c1cccc(C)c1. The van der Waals surface area contributed by atoms with Crippen molar-refractivity contribution >= 4 is 11.7 Å². The van der Waals surface area contributed by atoms with E-state index >= 15 is 4.39 Å². The molecule has 0 aliphatic rings. The molecule has 0 spiro atoms. The fourth-order valence-electron chi connectivity index (χ4n) is 3.05. The summed E-state index contributed by atoms with van der Waals surface area (Å²) in [5.74, 6) is 0.210. The van der Waals surface area contributed by atoms with Crippen LogP contribution in [0, 0.1) is 12.7 Å². The summed E-state index contributed by atoms with van der Waals surface area (Å²) in [6, 6.07) is 17.8. The second-order valence-corrected chi connectivity index (χ2v) is 6.35. The van der Waals surface area contributed by atoms with Gasteiger partial charge in [0.25, 0.3) is 0 Å². The van der Waals surface area contributed by atoms with Crippen LogP contribution in [0.15, 0.2) is 60.7 Å². The van der Waals surface area contributed by atoms with Crippen LogP contribution in [-0.4, -0.2) is 13.1 Å². The van der Waals surface area contributed by atoms with Crippen LogP contribution >= 0.6 is 0 Å². The molecule has 0 bridgehead atoms. The van der Waals surface area contributed by atoms with Gasteiger partial charge in [-0.25, -0.2) is 9.18 Å². The van der Waals surface area contributed by atoms with Crippen LogP contribution in [0.2, 0.25) is 0 Å². The quantitative estimate of drug-likeness (QED) is 0.677.